The number of fused-ring (bicyclic) bond motifs is 1. The van der Waals surface area contributed by atoms with Crippen LogP contribution in [0.5, 0.6) is 0 Å². The van der Waals surface area contributed by atoms with E-state index in [1.54, 1.807) is 24.4 Å². The lowest BCUT2D eigenvalue weighted by Gasteiger charge is -2.17. The number of nitrogens with one attached hydrogen (secondary N) is 1. The molecule has 2 heterocycles. The van der Waals surface area contributed by atoms with Gasteiger partial charge in [0.2, 0.25) is 0 Å². The maximum absolute atomic E-state index is 9.81. The largest absolute Gasteiger partial charge is 0.389 e. The molecule has 0 aliphatic carbocycles. The van der Waals surface area contributed by atoms with E-state index in [0.29, 0.717) is 17.9 Å². The van der Waals surface area contributed by atoms with Crippen molar-refractivity contribution in [2.45, 2.75) is 19.4 Å². The lowest BCUT2D eigenvalue weighted by molar-refractivity contribution is 0.0944. The van der Waals surface area contributed by atoms with Crippen molar-refractivity contribution in [1.82, 2.24) is 14.6 Å². The topological polar surface area (TPSA) is 86.2 Å². The monoisotopic (exact) mass is 433 g/mol. The molecule has 24 heavy (non-hydrogen) atoms. The molecule has 7 heteroatoms. The minimum Gasteiger partial charge on any atom is -0.389 e. The molecule has 0 aliphatic heterocycles. The van der Waals surface area contributed by atoms with Gasteiger partial charge in [-0.3, -0.25) is 0 Å². The quantitative estimate of drug-likeness (QED) is 0.618. The lowest BCUT2D eigenvalue weighted by atomic mass is 10.1. The minimum absolute atomic E-state index is 0.401. The van der Waals surface area contributed by atoms with Gasteiger partial charge in [0.25, 0.3) is 0 Å². The molecule has 2 N–H and O–H groups in total. The van der Waals surface area contributed by atoms with Crippen molar-refractivity contribution in [3.8, 4) is 17.3 Å². The Morgan fingerprint density at radius 3 is 2.88 bits per heavy atom. The highest BCUT2D eigenvalue weighted by Gasteiger charge is 2.16. The fourth-order valence-corrected chi connectivity index (χ4v) is 3.02. The van der Waals surface area contributed by atoms with Gasteiger partial charge in [-0.2, -0.15) is 10.4 Å². The van der Waals surface area contributed by atoms with Gasteiger partial charge in [-0.25, -0.2) is 9.50 Å². The molecule has 0 saturated carbocycles. The van der Waals surface area contributed by atoms with Gasteiger partial charge in [0, 0.05) is 18.3 Å². The van der Waals surface area contributed by atoms with Crippen molar-refractivity contribution in [2.75, 3.05) is 11.9 Å². The maximum Gasteiger partial charge on any atom is 0.171 e. The van der Waals surface area contributed by atoms with E-state index in [4.69, 9.17) is 5.26 Å². The average Bonchev–Trinajstić information content (AvgIpc) is 2.89. The molecule has 0 spiro atoms. The fraction of sp³-hybridized carbons (Fsp3) is 0.235. The van der Waals surface area contributed by atoms with Crippen molar-refractivity contribution in [3.63, 3.8) is 0 Å². The average molecular weight is 433 g/mol. The Kier molecular flexibility index (Phi) is 4.43. The summed E-state index contributed by atoms with van der Waals surface area (Å²) in [5.41, 5.74) is 2.19. The van der Waals surface area contributed by atoms with E-state index in [1.807, 2.05) is 30.5 Å². The zero-order chi connectivity index (χ0) is 17.3. The maximum atomic E-state index is 9.81. The first-order chi connectivity index (χ1) is 11.4. The Balaban J connectivity index is 2.00. The van der Waals surface area contributed by atoms with Crippen LogP contribution in [0, 0.1) is 14.9 Å². The van der Waals surface area contributed by atoms with E-state index in [-0.39, 0.29) is 0 Å². The molecular formula is C17H16IN5O. The molecule has 122 valence electrons. The molecule has 0 fully saturated rings. The highest BCUT2D eigenvalue weighted by atomic mass is 127. The number of hydrogen-bond acceptors (Lipinski definition) is 5. The third-order valence-corrected chi connectivity index (χ3v) is 4.39. The van der Waals surface area contributed by atoms with Crippen LogP contribution in [0.2, 0.25) is 0 Å². The number of nitriles is 1. The van der Waals surface area contributed by atoms with E-state index >= 15 is 0 Å². The Morgan fingerprint density at radius 1 is 1.38 bits per heavy atom. The second-order valence-electron chi connectivity index (χ2n) is 6.10. The summed E-state index contributed by atoms with van der Waals surface area (Å²) < 4.78 is 2.63. The first kappa shape index (κ1) is 16.7. The first-order valence-electron chi connectivity index (χ1n) is 7.39. The highest BCUT2D eigenvalue weighted by molar-refractivity contribution is 14.1. The van der Waals surface area contributed by atoms with E-state index in [9.17, 15) is 5.11 Å². The van der Waals surface area contributed by atoms with E-state index in [2.05, 4.69) is 44.1 Å². The van der Waals surface area contributed by atoms with Gasteiger partial charge in [0.1, 0.15) is 11.5 Å². The molecule has 3 aromatic rings. The summed E-state index contributed by atoms with van der Waals surface area (Å²) in [6, 6.07) is 11.3. The Labute approximate surface area is 153 Å². The molecule has 6 nitrogen and oxygen atoms in total. The van der Waals surface area contributed by atoms with Gasteiger partial charge in [-0.15, -0.1) is 0 Å². The Bertz CT molecular complexity index is 936. The summed E-state index contributed by atoms with van der Waals surface area (Å²) >= 11 is 2.22. The number of rotatable bonds is 4. The van der Waals surface area contributed by atoms with Crippen LogP contribution >= 0.6 is 22.6 Å². The Hall–Kier alpha value is -2.18. The number of aliphatic hydroxyl groups is 1. The smallest absolute Gasteiger partial charge is 0.171 e. The summed E-state index contributed by atoms with van der Waals surface area (Å²) in [5, 5.41) is 26.6. The summed E-state index contributed by atoms with van der Waals surface area (Å²) in [6.07, 6.45) is 1.83. The number of aromatic nitrogens is 3. The molecule has 0 atom stereocenters. The molecule has 1 aromatic carbocycles. The molecule has 0 amide bonds. The summed E-state index contributed by atoms with van der Waals surface area (Å²) in [7, 11) is 0. The normalized spacial score (nSPS) is 11.5. The van der Waals surface area contributed by atoms with Crippen LogP contribution in [0.15, 0.2) is 36.5 Å². The Morgan fingerprint density at radius 2 is 2.17 bits per heavy atom. The van der Waals surface area contributed by atoms with Gasteiger partial charge in [-0.1, -0.05) is 12.1 Å². The summed E-state index contributed by atoms with van der Waals surface area (Å²) in [4.78, 5) is 4.57. The predicted molar refractivity (Wildman–Crippen MR) is 101 cm³/mol. The molecule has 3 rings (SSSR count). The first-order valence-corrected chi connectivity index (χ1v) is 8.47. The minimum atomic E-state index is -0.815. The van der Waals surface area contributed by atoms with Gasteiger partial charge in [-0.05, 0) is 54.6 Å². The molecule has 0 aliphatic rings. The number of anilines is 1. The number of hydrogen-bond donors (Lipinski definition) is 2. The zero-order valence-electron chi connectivity index (χ0n) is 13.3. The van der Waals surface area contributed by atoms with Crippen LogP contribution < -0.4 is 5.32 Å². The molecule has 0 radical (unpaired) electrons. The van der Waals surface area contributed by atoms with Gasteiger partial charge in [0.15, 0.2) is 5.65 Å². The van der Waals surface area contributed by atoms with Gasteiger partial charge >= 0.3 is 0 Å². The van der Waals surface area contributed by atoms with Crippen LogP contribution in [0.4, 0.5) is 5.82 Å². The third kappa shape index (κ3) is 3.49. The van der Waals surface area contributed by atoms with Crippen LogP contribution in [0.1, 0.15) is 19.4 Å². The van der Waals surface area contributed by atoms with Crippen LogP contribution in [-0.2, 0) is 0 Å². The second kappa shape index (κ2) is 6.37. The van der Waals surface area contributed by atoms with E-state index < -0.39 is 5.60 Å². The van der Waals surface area contributed by atoms with Crippen molar-refractivity contribution in [2.24, 2.45) is 0 Å². The van der Waals surface area contributed by atoms with Crippen LogP contribution in [0.25, 0.3) is 16.9 Å². The molecule has 0 bridgehead atoms. The van der Waals surface area contributed by atoms with E-state index in [1.165, 1.54) is 0 Å². The lowest BCUT2D eigenvalue weighted by Crippen LogP contribution is -2.29. The third-order valence-electron chi connectivity index (χ3n) is 3.40. The van der Waals surface area contributed by atoms with Crippen molar-refractivity contribution in [3.05, 3.63) is 45.7 Å². The standard InChI is InChI=1S/C17H16IN5O/c1-17(2,24)10-20-13-6-7-23-16(21-13)14(18)15(22-23)12-5-3-4-11(8-12)9-19/h3-8,24H,10H2,1-2H3,(H,20,21). The summed E-state index contributed by atoms with van der Waals surface area (Å²) in [5.74, 6) is 0.680. The van der Waals surface area contributed by atoms with Gasteiger partial charge in [0.05, 0.1) is 20.8 Å². The number of benzene rings is 1. The molecule has 0 unspecified atom stereocenters. The van der Waals surface area contributed by atoms with Crippen molar-refractivity contribution < 1.29 is 5.11 Å². The second-order valence-corrected chi connectivity index (χ2v) is 7.18. The number of nitrogens with zero attached hydrogens (tertiary/aromatic N) is 4. The van der Waals surface area contributed by atoms with Crippen LogP contribution in [-0.4, -0.2) is 31.9 Å². The number of halogens is 1. The predicted octanol–water partition coefficient (Wildman–Crippen LogP) is 3.06. The van der Waals surface area contributed by atoms with Gasteiger partial charge < -0.3 is 10.4 Å². The highest BCUT2D eigenvalue weighted by Crippen LogP contribution is 2.27. The van der Waals surface area contributed by atoms with Crippen molar-refractivity contribution >= 4 is 34.1 Å². The van der Waals surface area contributed by atoms with Crippen molar-refractivity contribution in [1.29, 1.82) is 5.26 Å². The van der Waals surface area contributed by atoms with E-state index in [0.717, 1.165) is 20.5 Å². The summed E-state index contributed by atoms with van der Waals surface area (Å²) in [6.45, 7) is 3.88. The zero-order valence-corrected chi connectivity index (χ0v) is 15.4. The van der Waals surface area contributed by atoms with Crippen LogP contribution in [0.3, 0.4) is 0 Å². The molecular weight excluding hydrogens is 417 g/mol. The SMILES string of the molecule is CC(C)(O)CNc1ccn2nc(-c3cccc(C#N)c3)c(I)c2n1. The fourth-order valence-electron chi connectivity index (χ4n) is 2.23. The molecule has 0 saturated heterocycles. The molecule has 2 aromatic heterocycles.